The van der Waals surface area contributed by atoms with Crippen LogP contribution in [-0.4, -0.2) is 24.8 Å². The topological polar surface area (TPSA) is 94.1 Å². The number of rotatable bonds is 4. The van der Waals surface area contributed by atoms with Crippen molar-refractivity contribution in [3.05, 3.63) is 52.3 Å². The lowest BCUT2D eigenvalue weighted by molar-refractivity contribution is -0.394. The van der Waals surface area contributed by atoms with Crippen LogP contribution in [0.2, 0.25) is 0 Å². The van der Waals surface area contributed by atoms with E-state index in [9.17, 15) is 15.2 Å². The molecule has 2 rings (SSSR count). The molecule has 0 radical (unpaired) electrons. The first-order valence-corrected chi connectivity index (χ1v) is 4.93. The average molecular weight is 234 g/mol. The van der Waals surface area contributed by atoms with Gasteiger partial charge in [-0.25, -0.2) is 0 Å². The molecule has 0 spiro atoms. The Bertz CT molecular complexity index is 511. The fourth-order valence-corrected chi connectivity index (χ4v) is 1.41. The summed E-state index contributed by atoms with van der Waals surface area (Å²) in [6.07, 6.45) is 0.460. The Balaban J connectivity index is 2.08. The van der Waals surface area contributed by atoms with Crippen LogP contribution in [-0.2, 0) is 6.54 Å². The average Bonchev–Trinajstić information content (AvgIpc) is 2.79. The highest BCUT2D eigenvalue weighted by atomic mass is 16.6. The molecule has 1 heterocycles. The lowest BCUT2D eigenvalue weighted by atomic mass is 10.1. The zero-order chi connectivity index (χ0) is 12.3. The molecule has 0 saturated heterocycles. The van der Waals surface area contributed by atoms with Crippen molar-refractivity contribution in [1.29, 1.82) is 0 Å². The molecule has 1 N–H and O–H groups in total. The van der Waals surface area contributed by atoms with Crippen molar-refractivity contribution in [2.45, 2.75) is 12.6 Å². The Kier molecular flexibility index (Phi) is 3.10. The van der Waals surface area contributed by atoms with Gasteiger partial charge in [-0.05, 0) is 10.5 Å². The van der Waals surface area contributed by atoms with Crippen LogP contribution >= 0.6 is 0 Å². The van der Waals surface area contributed by atoms with Gasteiger partial charge < -0.3 is 15.2 Å². The molecule has 0 bridgehead atoms. The molecule has 0 aliphatic heterocycles. The number of hydrogen-bond donors (Lipinski definition) is 1. The van der Waals surface area contributed by atoms with Gasteiger partial charge in [0.15, 0.2) is 0 Å². The second-order valence-corrected chi connectivity index (χ2v) is 3.45. The van der Waals surface area contributed by atoms with Gasteiger partial charge in [-0.1, -0.05) is 35.3 Å². The van der Waals surface area contributed by atoms with Crippen LogP contribution < -0.4 is 0 Å². The third-order valence-corrected chi connectivity index (χ3v) is 2.23. The Morgan fingerprint density at radius 3 is 2.71 bits per heavy atom. The van der Waals surface area contributed by atoms with Gasteiger partial charge in [-0.15, -0.1) is 0 Å². The van der Waals surface area contributed by atoms with E-state index in [-0.39, 0.29) is 6.54 Å². The van der Waals surface area contributed by atoms with E-state index < -0.39 is 17.0 Å². The maximum atomic E-state index is 10.4. The fourth-order valence-electron chi connectivity index (χ4n) is 1.41. The van der Waals surface area contributed by atoms with E-state index in [1.165, 1.54) is 11.0 Å². The quantitative estimate of drug-likeness (QED) is 0.627. The molecule has 2 aromatic rings. The first kappa shape index (κ1) is 11.2. The molecule has 0 amide bonds. The number of hydrogen-bond acceptors (Lipinski definition) is 5. The van der Waals surface area contributed by atoms with Crippen molar-refractivity contribution >= 4 is 5.95 Å². The smallest absolute Gasteiger partial charge is 0.390 e. The molecule has 0 saturated carbocycles. The zero-order valence-corrected chi connectivity index (χ0v) is 8.80. The second kappa shape index (κ2) is 4.71. The first-order valence-electron chi connectivity index (χ1n) is 4.93. The normalized spacial score (nSPS) is 12.3. The standard InChI is InChI=1S/C10H10N4O3/c15-9(8-4-2-1-3-5-8)6-13-7-11-10(12-13)14(16)17/h1-5,7,9,15H,6H2. The SMILES string of the molecule is O=[N+]([O-])c1ncn(CC(O)c2ccccc2)n1. The predicted octanol–water partition coefficient (Wildman–Crippen LogP) is 0.920. The molecule has 88 valence electrons. The summed E-state index contributed by atoms with van der Waals surface area (Å²) in [5, 5.41) is 23.9. The summed E-state index contributed by atoms with van der Waals surface area (Å²) in [4.78, 5) is 13.2. The minimum Gasteiger partial charge on any atom is -0.390 e. The molecular formula is C10H10N4O3. The number of aromatic nitrogens is 3. The predicted molar refractivity (Wildman–Crippen MR) is 58.1 cm³/mol. The van der Waals surface area contributed by atoms with E-state index in [1.54, 1.807) is 12.1 Å². The highest BCUT2D eigenvalue weighted by Gasteiger charge is 2.16. The number of nitro groups is 1. The summed E-state index contributed by atoms with van der Waals surface area (Å²) in [5.41, 5.74) is 0.727. The minimum atomic E-state index is -0.766. The summed E-state index contributed by atoms with van der Waals surface area (Å²) in [6, 6.07) is 9.01. The monoisotopic (exact) mass is 234 g/mol. The largest absolute Gasteiger partial charge is 0.490 e. The van der Waals surface area contributed by atoms with Crippen LogP contribution in [0.4, 0.5) is 5.95 Å². The van der Waals surface area contributed by atoms with Gasteiger partial charge in [-0.3, -0.25) is 0 Å². The molecule has 0 fully saturated rings. The number of benzene rings is 1. The van der Waals surface area contributed by atoms with E-state index in [0.29, 0.717) is 0 Å². The van der Waals surface area contributed by atoms with Crippen LogP contribution in [0, 0.1) is 10.1 Å². The van der Waals surface area contributed by atoms with Gasteiger partial charge in [0.2, 0.25) is 6.33 Å². The van der Waals surface area contributed by atoms with Gasteiger partial charge >= 0.3 is 5.95 Å². The summed E-state index contributed by atoms with van der Waals surface area (Å²) in [5.74, 6) is -0.467. The summed E-state index contributed by atoms with van der Waals surface area (Å²) in [7, 11) is 0. The van der Waals surface area contributed by atoms with Crippen LogP contribution in [0.15, 0.2) is 36.7 Å². The Hall–Kier alpha value is -2.28. The maximum absolute atomic E-state index is 10.4. The highest BCUT2D eigenvalue weighted by Crippen LogP contribution is 2.14. The number of nitrogens with zero attached hydrogens (tertiary/aromatic N) is 4. The van der Waals surface area contributed by atoms with Gasteiger partial charge in [0.25, 0.3) is 0 Å². The van der Waals surface area contributed by atoms with E-state index >= 15 is 0 Å². The number of aliphatic hydroxyl groups excluding tert-OH is 1. The lowest BCUT2D eigenvalue weighted by Crippen LogP contribution is -2.09. The van der Waals surface area contributed by atoms with E-state index in [2.05, 4.69) is 10.1 Å². The first-order chi connectivity index (χ1) is 8.16. The molecular weight excluding hydrogens is 224 g/mol. The fraction of sp³-hybridized carbons (Fsp3) is 0.200. The van der Waals surface area contributed by atoms with Crippen molar-refractivity contribution in [3.63, 3.8) is 0 Å². The second-order valence-electron chi connectivity index (χ2n) is 3.45. The van der Waals surface area contributed by atoms with Crippen molar-refractivity contribution in [2.24, 2.45) is 0 Å². The summed E-state index contributed by atoms with van der Waals surface area (Å²) >= 11 is 0. The third kappa shape index (κ3) is 2.64. The third-order valence-electron chi connectivity index (χ3n) is 2.23. The molecule has 0 aliphatic rings. The van der Waals surface area contributed by atoms with Crippen molar-refractivity contribution in [3.8, 4) is 0 Å². The van der Waals surface area contributed by atoms with Gasteiger partial charge in [-0.2, -0.15) is 4.68 Å². The maximum Gasteiger partial charge on any atom is 0.490 e. The lowest BCUT2D eigenvalue weighted by Gasteiger charge is -2.08. The minimum absolute atomic E-state index is 0.130. The van der Waals surface area contributed by atoms with Gasteiger partial charge in [0.05, 0.1) is 12.6 Å². The van der Waals surface area contributed by atoms with Gasteiger partial charge in [0.1, 0.15) is 0 Å². The van der Waals surface area contributed by atoms with Crippen molar-refractivity contribution < 1.29 is 10.0 Å². The van der Waals surface area contributed by atoms with Crippen LogP contribution in [0.1, 0.15) is 11.7 Å². The summed E-state index contributed by atoms with van der Waals surface area (Å²) in [6.45, 7) is 0.130. The Morgan fingerprint density at radius 2 is 2.12 bits per heavy atom. The van der Waals surface area contributed by atoms with E-state index in [1.807, 2.05) is 18.2 Å². The van der Waals surface area contributed by atoms with Crippen LogP contribution in [0.25, 0.3) is 0 Å². The van der Waals surface area contributed by atoms with Crippen LogP contribution in [0.3, 0.4) is 0 Å². The molecule has 1 aromatic carbocycles. The van der Waals surface area contributed by atoms with Crippen molar-refractivity contribution in [1.82, 2.24) is 14.8 Å². The summed E-state index contributed by atoms with van der Waals surface area (Å²) < 4.78 is 1.25. The molecule has 0 aliphatic carbocycles. The zero-order valence-electron chi connectivity index (χ0n) is 8.80. The molecule has 17 heavy (non-hydrogen) atoms. The molecule has 7 nitrogen and oxygen atoms in total. The molecule has 7 heteroatoms. The highest BCUT2D eigenvalue weighted by molar-refractivity contribution is 5.17. The molecule has 1 unspecified atom stereocenters. The van der Waals surface area contributed by atoms with Crippen LogP contribution in [0.5, 0.6) is 0 Å². The van der Waals surface area contributed by atoms with Crippen molar-refractivity contribution in [2.75, 3.05) is 0 Å². The number of aliphatic hydroxyl groups is 1. The molecule has 1 atom stereocenters. The molecule has 1 aromatic heterocycles. The van der Waals surface area contributed by atoms with Gasteiger partial charge in [0, 0.05) is 5.10 Å². The Morgan fingerprint density at radius 1 is 1.41 bits per heavy atom. The van der Waals surface area contributed by atoms with E-state index in [4.69, 9.17) is 0 Å². The van der Waals surface area contributed by atoms with E-state index in [0.717, 1.165) is 5.56 Å². The Labute approximate surface area is 96.5 Å².